The van der Waals surface area contributed by atoms with Crippen molar-refractivity contribution >= 4 is 0 Å². The fourth-order valence-corrected chi connectivity index (χ4v) is 12.8. The number of hydrogen-bond donors (Lipinski definition) is 3. The molecule has 0 bridgehead atoms. The Morgan fingerprint density at radius 3 is 0.914 bits per heavy atom. The Bertz CT molecular complexity index is 5600. The Morgan fingerprint density at radius 2 is 0.633 bits per heavy atom. The molecule has 3 N–H and O–H groups in total. The summed E-state index contributed by atoms with van der Waals surface area (Å²) in [6, 6.07) is 73.5. The van der Waals surface area contributed by atoms with Crippen molar-refractivity contribution in [3.8, 4) is 132 Å². The number of phenols is 1. The van der Waals surface area contributed by atoms with Gasteiger partial charge in [0.05, 0.1) is 42.7 Å². The van der Waals surface area contributed by atoms with Crippen LogP contribution in [0, 0.1) is 12.0 Å². The third-order valence-electron chi connectivity index (χ3n) is 19.3. The van der Waals surface area contributed by atoms with E-state index >= 15 is 0 Å². The predicted octanol–water partition coefficient (Wildman–Crippen LogP) is 18.3. The van der Waals surface area contributed by atoms with E-state index in [9.17, 15) is 22.7 Å². The number of nitrogens with zero attached hydrogens (tertiary/aromatic N) is 13. The fraction of sp³-hybridized carbons (Fsp3) is 0.298. The van der Waals surface area contributed by atoms with Crippen LogP contribution in [0.25, 0.3) is 56.3 Å². The lowest BCUT2D eigenvalue weighted by atomic mass is 10.1. The number of benzene rings is 9. The number of aromatic amines is 2. The second-order valence-corrected chi connectivity index (χ2v) is 28.3. The molecular formula is C94H99F4N15O15. The molecule has 3 unspecified atom stereocenters. The van der Waals surface area contributed by atoms with Gasteiger partial charge in [-0.1, -0.05) is 91.0 Å². The molecule has 3 aliphatic heterocycles. The van der Waals surface area contributed by atoms with Crippen LogP contribution >= 0.6 is 0 Å². The van der Waals surface area contributed by atoms with Crippen LogP contribution in [0.2, 0.25) is 0 Å². The molecule has 14 aromatic rings. The standard InChI is InChI=1S/C21H23N3O3.C16H19F2N3O3.C16H15N3O2.C16H14O2.C14H17N3O3.C11H11F2N3O2/c1-25-21-20(22-24(23-21)19-9-5-6-14-26-19)17-10-12-18(13-11-17)27-15-16-7-3-2-4-8-16;1-22-16-15(19-21(20-16)14-4-2-3-9-23-14)11-5-7-12(8-6-11)24-10-13(17)18;1-20-16-15(17-19-18-16)13-7-9-14(10-8-13)21-11-12-5-3-2-4-6-12;1-17-12-11-14-7-9-16(10-8-14)18-13-15-5-3-2-4-6-15;1-19-14-13(10-5-7-11(18)8-6-10)15-17(16-14)12-4-2-3-9-20-12;1-17-11-10(14-16-15-11)7-2-4-8(5-3-7)18-6-9(12)13/h2-4,7-8,10-13,19H,5-6,9,14-15H2,1H3;5-8,13-14H,2-4,9-10H2,1H3;2-10H,11H2,1H3,(H,17,18,19);2-10H,13H2,1H3;5-8,12,18H,2-4,9H2,1H3;2-5,9H,6H2,1H3,(H,14,15,16). The largest absolute Gasteiger partial charge is 0.508 e. The number of phenolic OH excluding ortho intramolecular Hbond substituents is 1. The van der Waals surface area contributed by atoms with Crippen LogP contribution in [-0.2, 0) is 38.8 Å². The van der Waals surface area contributed by atoms with Crippen molar-refractivity contribution in [1.82, 2.24) is 75.8 Å². The Hall–Kier alpha value is -14.6. The molecule has 3 atom stereocenters. The Kier molecular flexibility index (Phi) is 35.6. The van der Waals surface area contributed by atoms with Gasteiger partial charge in [0, 0.05) is 53.2 Å². The maximum Gasteiger partial charge on any atom is 0.272 e. The van der Waals surface area contributed by atoms with E-state index in [1.54, 1.807) is 111 Å². The highest BCUT2D eigenvalue weighted by atomic mass is 19.3. The lowest BCUT2D eigenvalue weighted by molar-refractivity contribution is -0.0484. The minimum Gasteiger partial charge on any atom is -0.508 e. The lowest BCUT2D eigenvalue weighted by Crippen LogP contribution is -2.20. The minimum absolute atomic E-state index is 0.116. The molecule has 0 saturated carbocycles. The topological polar surface area (TPSA) is 325 Å². The van der Waals surface area contributed by atoms with Gasteiger partial charge < -0.3 is 71.4 Å². The van der Waals surface area contributed by atoms with Crippen LogP contribution in [0.3, 0.4) is 0 Å². The van der Waals surface area contributed by atoms with Gasteiger partial charge >= 0.3 is 0 Å². The average Bonchev–Trinajstić information content (AvgIpc) is 1.66. The number of aromatic nitrogens is 15. The van der Waals surface area contributed by atoms with E-state index in [0.29, 0.717) is 95.8 Å². The van der Waals surface area contributed by atoms with Gasteiger partial charge in [0.2, 0.25) is 0 Å². The number of alkyl halides is 4. The van der Waals surface area contributed by atoms with Crippen molar-refractivity contribution in [2.45, 2.75) is 109 Å². The quantitative estimate of drug-likeness (QED) is 0.0303. The molecule has 17 rings (SSSR count). The van der Waals surface area contributed by atoms with E-state index in [-0.39, 0.29) is 24.4 Å². The van der Waals surface area contributed by atoms with E-state index in [4.69, 9.17) is 61.6 Å². The molecule has 34 heteroatoms. The number of ether oxygens (including phenoxy) is 14. The molecule has 0 amide bonds. The molecule has 30 nitrogen and oxygen atoms in total. The van der Waals surface area contributed by atoms with E-state index < -0.39 is 26.1 Å². The number of aromatic hydroxyl groups is 1. The van der Waals surface area contributed by atoms with Gasteiger partial charge in [-0.3, -0.25) is 0 Å². The van der Waals surface area contributed by atoms with Gasteiger partial charge in [-0.25, -0.2) is 17.6 Å². The monoisotopic (exact) mass is 1750 g/mol. The summed E-state index contributed by atoms with van der Waals surface area (Å²) in [6.45, 7) is 2.60. The second kappa shape index (κ2) is 49.2. The van der Waals surface area contributed by atoms with E-state index in [2.05, 4.69) is 78.2 Å². The smallest absolute Gasteiger partial charge is 0.272 e. The number of hydrogen-bond acceptors (Lipinski definition) is 25. The highest BCUT2D eigenvalue weighted by molar-refractivity contribution is 5.68. The zero-order valence-electron chi connectivity index (χ0n) is 71.4. The van der Waals surface area contributed by atoms with Crippen molar-refractivity contribution in [3.63, 3.8) is 0 Å². The highest BCUT2D eigenvalue weighted by Crippen LogP contribution is 2.36. The van der Waals surface area contributed by atoms with Crippen molar-refractivity contribution < 1.29 is 89.0 Å². The Morgan fingerprint density at radius 1 is 0.344 bits per heavy atom. The third-order valence-corrected chi connectivity index (χ3v) is 19.3. The molecule has 8 heterocycles. The number of methoxy groups -OCH3 is 6. The first-order valence-corrected chi connectivity index (χ1v) is 41.2. The fourth-order valence-electron chi connectivity index (χ4n) is 12.8. The lowest BCUT2D eigenvalue weighted by Gasteiger charge is -2.21. The molecule has 3 fully saturated rings. The molecule has 0 radical (unpaired) electrons. The maximum atomic E-state index is 12.2. The SMILES string of the molecule is COC#Cc1ccc(OCc2ccccc2)cc1.COc1n[nH]nc1-c1ccc(OCC(F)F)cc1.COc1n[nH]nc1-c1ccc(OCc2ccccc2)cc1.COc1nn(C2CCCCO2)nc1-c1ccc(O)cc1.COc1nn(C2CCCCO2)nc1-c1ccc(OCC(F)F)cc1.COc1nn(C2CCCCO2)nc1-c1ccc(OCc2ccccc2)cc1. The van der Waals surface area contributed by atoms with Crippen molar-refractivity contribution in [1.29, 1.82) is 0 Å². The van der Waals surface area contributed by atoms with Crippen LogP contribution in [0.1, 0.15) is 98.7 Å². The van der Waals surface area contributed by atoms with Crippen LogP contribution < -0.4 is 47.4 Å². The van der Waals surface area contributed by atoms with Crippen LogP contribution in [0.5, 0.6) is 63.9 Å². The normalized spacial score (nSPS) is 14.4. The number of H-pyrrole nitrogens is 2. The molecule has 128 heavy (non-hydrogen) atoms. The summed E-state index contributed by atoms with van der Waals surface area (Å²) in [7, 11) is 9.31. The first kappa shape index (κ1) is 92.6. The Labute approximate surface area is 737 Å². The predicted molar refractivity (Wildman–Crippen MR) is 467 cm³/mol. The summed E-state index contributed by atoms with van der Waals surface area (Å²) < 4.78 is 123. The number of halogens is 4. The molecule has 3 saturated heterocycles. The first-order chi connectivity index (χ1) is 62.7. The molecule has 5 aromatic heterocycles. The molecule has 3 aliphatic rings. The van der Waals surface area contributed by atoms with E-state index in [1.807, 2.05) is 164 Å². The van der Waals surface area contributed by atoms with Gasteiger partial charge in [-0.05, 0) is 226 Å². The molecule has 9 aromatic carbocycles. The molecule has 668 valence electrons. The second-order valence-electron chi connectivity index (χ2n) is 28.3. The minimum atomic E-state index is -2.50. The van der Waals surface area contributed by atoms with Crippen molar-refractivity contribution in [2.75, 3.05) is 75.7 Å². The van der Waals surface area contributed by atoms with Gasteiger partial charge in [-0.15, -0.1) is 40.8 Å². The van der Waals surface area contributed by atoms with E-state index in [1.165, 1.54) is 19.0 Å². The van der Waals surface area contributed by atoms with Gasteiger partial charge in [-0.2, -0.15) is 35.0 Å². The molecule has 0 aliphatic carbocycles. The van der Waals surface area contributed by atoms with Gasteiger partial charge in [0.15, 0.2) is 47.2 Å². The van der Waals surface area contributed by atoms with Crippen molar-refractivity contribution in [3.05, 3.63) is 259 Å². The van der Waals surface area contributed by atoms with Crippen molar-refractivity contribution in [2.24, 2.45) is 0 Å². The maximum absolute atomic E-state index is 12.2. The Balaban J connectivity index is 0.000000140. The molecular weight excluding hydrogens is 1660 g/mol. The van der Waals surface area contributed by atoms with Crippen LogP contribution in [0.4, 0.5) is 17.6 Å². The summed E-state index contributed by atoms with van der Waals surface area (Å²) in [5, 5.41) is 56.8. The summed E-state index contributed by atoms with van der Waals surface area (Å²) >= 11 is 0. The zero-order valence-corrected chi connectivity index (χ0v) is 71.4. The third kappa shape index (κ3) is 28.0. The number of rotatable bonds is 28. The zero-order chi connectivity index (χ0) is 89.4. The summed E-state index contributed by atoms with van der Waals surface area (Å²) in [6.07, 6.45) is 6.35. The molecule has 0 spiro atoms. The van der Waals surface area contributed by atoms with Crippen LogP contribution in [0.15, 0.2) is 237 Å². The summed E-state index contributed by atoms with van der Waals surface area (Å²) in [5.74, 6) is 8.50. The van der Waals surface area contributed by atoms with Crippen LogP contribution in [-0.4, -0.2) is 169 Å². The van der Waals surface area contributed by atoms with Gasteiger partial charge in [0.1, 0.15) is 73.6 Å². The highest BCUT2D eigenvalue weighted by Gasteiger charge is 2.26. The van der Waals surface area contributed by atoms with Gasteiger partial charge in [0.25, 0.3) is 42.3 Å². The van der Waals surface area contributed by atoms with E-state index in [0.717, 1.165) is 138 Å². The summed E-state index contributed by atoms with van der Waals surface area (Å²) in [4.78, 5) is 4.75. The first-order valence-electron chi connectivity index (χ1n) is 41.2. The number of nitrogens with one attached hydrogen (secondary N) is 2. The average molecular weight is 1750 g/mol. The summed E-state index contributed by atoms with van der Waals surface area (Å²) in [5.41, 5.74) is 11.7.